The van der Waals surface area contributed by atoms with Crippen LogP contribution in [-0.2, 0) is 19.1 Å². The Morgan fingerprint density at radius 3 is 2.42 bits per heavy atom. The number of hydrogen-bond acceptors (Lipinski definition) is 4. The third-order valence-electron chi connectivity index (χ3n) is 4.05. The fourth-order valence-electron chi connectivity index (χ4n) is 2.50. The van der Waals surface area contributed by atoms with Crippen molar-refractivity contribution in [2.75, 3.05) is 13.1 Å². The second kappa shape index (κ2) is 8.29. The minimum atomic E-state index is -0.925. The predicted molar refractivity (Wildman–Crippen MR) is 89.5 cm³/mol. The lowest BCUT2D eigenvalue weighted by Crippen LogP contribution is -2.41. The lowest BCUT2D eigenvalue weighted by atomic mass is 9.97. The lowest BCUT2D eigenvalue weighted by molar-refractivity contribution is -0.159. The molecule has 2 N–H and O–H groups in total. The highest BCUT2D eigenvalue weighted by molar-refractivity contribution is 5.92. The van der Waals surface area contributed by atoms with E-state index in [1.165, 1.54) is 6.92 Å². The zero-order valence-electron chi connectivity index (χ0n) is 13.7. The van der Waals surface area contributed by atoms with E-state index in [-0.39, 0.29) is 11.8 Å². The maximum atomic E-state index is 12.2. The molecule has 1 fully saturated rings. The van der Waals surface area contributed by atoms with E-state index < -0.39 is 18.0 Å². The summed E-state index contributed by atoms with van der Waals surface area (Å²) in [6.07, 6.45) is 3.44. The molecule has 1 aromatic rings. The first kappa shape index (κ1) is 17.7. The van der Waals surface area contributed by atoms with Gasteiger partial charge in [0.2, 0.25) is 5.91 Å². The Morgan fingerprint density at radius 2 is 1.83 bits per heavy atom. The summed E-state index contributed by atoms with van der Waals surface area (Å²) >= 11 is 0. The van der Waals surface area contributed by atoms with Gasteiger partial charge in [-0.25, -0.2) is 0 Å². The topological polar surface area (TPSA) is 89.7 Å². The molecule has 6 heteroatoms. The molecule has 1 aliphatic heterocycles. The molecule has 2 rings (SSSR count). The van der Waals surface area contributed by atoms with Gasteiger partial charge in [-0.05, 0) is 31.4 Å². The monoisotopic (exact) mass is 330 g/mol. The first-order valence-corrected chi connectivity index (χ1v) is 7.99. The molecule has 1 aliphatic rings. The summed E-state index contributed by atoms with van der Waals surface area (Å²) in [5.74, 6) is -1.46. The Bertz CT molecular complexity index is 619. The van der Waals surface area contributed by atoms with Gasteiger partial charge >= 0.3 is 5.97 Å². The fourth-order valence-corrected chi connectivity index (χ4v) is 2.50. The maximum Gasteiger partial charge on any atom is 0.309 e. The van der Waals surface area contributed by atoms with Gasteiger partial charge in [0.05, 0.1) is 5.92 Å². The Hall–Kier alpha value is -2.63. The van der Waals surface area contributed by atoms with E-state index in [9.17, 15) is 14.4 Å². The van der Waals surface area contributed by atoms with Crippen LogP contribution in [0.5, 0.6) is 0 Å². The molecule has 0 unspecified atom stereocenters. The number of nitrogens with zero attached hydrogens (tertiary/aromatic N) is 1. The number of esters is 1. The van der Waals surface area contributed by atoms with Crippen LogP contribution in [0, 0.1) is 5.92 Å². The van der Waals surface area contributed by atoms with Crippen molar-refractivity contribution < 1.29 is 19.1 Å². The third-order valence-corrected chi connectivity index (χ3v) is 4.05. The quantitative estimate of drug-likeness (QED) is 0.652. The summed E-state index contributed by atoms with van der Waals surface area (Å²) in [4.78, 5) is 36.8. The molecule has 1 atom stereocenters. The van der Waals surface area contributed by atoms with E-state index in [1.54, 1.807) is 17.1 Å². The Kier molecular flexibility index (Phi) is 6.12. The van der Waals surface area contributed by atoms with Crippen LogP contribution in [-0.4, -0.2) is 41.9 Å². The van der Waals surface area contributed by atoms with Crippen molar-refractivity contribution in [2.24, 2.45) is 11.7 Å². The number of benzene rings is 1. The standard InChI is InChI=1S/C18H22N2O4/c1-13(17(19)22)24-18(23)15-9-11-20(12-10-15)16(21)8-7-14-5-3-2-4-6-14/h2-8,13,15H,9-12H2,1H3,(H2,19,22)/b8-7+/t13-/m0/s1. The summed E-state index contributed by atoms with van der Waals surface area (Å²) in [6, 6.07) is 9.59. The second-order valence-corrected chi connectivity index (χ2v) is 5.83. The molecular formula is C18H22N2O4. The van der Waals surface area contributed by atoms with Crippen molar-refractivity contribution in [3.05, 3.63) is 42.0 Å². The lowest BCUT2D eigenvalue weighted by Gasteiger charge is -2.30. The second-order valence-electron chi connectivity index (χ2n) is 5.83. The number of amides is 2. The summed E-state index contributed by atoms with van der Waals surface area (Å²) in [7, 11) is 0. The van der Waals surface area contributed by atoms with E-state index >= 15 is 0 Å². The van der Waals surface area contributed by atoms with Crippen molar-refractivity contribution in [3.8, 4) is 0 Å². The average molecular weight is 330 g/mol. The molecule has 1 heterocycles. The average Bonchev–Trinajstić information content (AvgIpc) is 2.60. The normalized spacial score (nSPS) is 16.8. The zero-order chi connectivity index (χ0) is 17.5. The zero-order valence-corrected chi connectivity index (χ0v) is 13.7. The van der Waals surface area contributed by atoms with Crippen LogP contribution in [0.4, 0.5) is 0 Å². The van der Waals surface area contributed by atoms with Crippen LogP contribution in [0.15, 0.2) is 36.4 Å². The Morgan fingerprint density at radius 1 is 1.21 bits per heavy atom. The van der Waals surface area contributed by atoms with Gasteiger partial charge in [-0.15, -0.1) is 0 Å². The van der Waals surface area contributed by atoms with Gasteiger partial charge in [-0.2, -0.15) is 0 Å². The largest absolute Gasteiger partial charge is 0.452 e. The van der Waals surface area contributed by atoms with Crippen molar-refractivity contribution >= 4 is 23.9 Å². The highest BCUT2D eigenvalue weighted by Gasteiger charge is 2.29. The molecular weight excluding hydrogens is 308 g/mol. The first-order valence-electron chi connectivity index (χ1n) is 7.99. The number of carbonyl (C=O) groups excluding carboxylic acids is 3. The molecule has 0 aromatic heterocycles. The number of ether oxygens (including phenoxy) is 1. The first-order chi connectivity index (χ1) is 11.5. The van der Waals surface area contributed by atoms with Crippen LogP contribution >= 0.6 is 0 Å². The molecule has 0 saturated carbocycles. The van der Waals surface area contributed by atoms with Crippen LogP contribution in [0.1, 0.15) is 25.3 Å². The molecule has 0 spiro atoms. The number of nitrogens with two attached hydrogens (primary N) is 1. The molecule has 1 saturated heterocycles. The van der Waals surface area contributed by atoms with Crippen molar-refractivity contribution in [1.29, 1.82) is 0 Å². The van der Waals surface area contributed by atoms with Crippen LogP contribution in [0.2, 0.25) is 0 Å². The summed E-state index contributed by atoms with van der Waals surface area (Å²) < 4.78 is 5.02. The number of likely N-dealkylation sites (tertiary alicyclic amines) is 1. The van der Waals surface area contributed by atoms with Crippen LogP contribution < -0.4 is 5.73 Å². The van der Waals surface area contributed by atoms with Gasteiger partial charge in [-0.1, -0.05) is 30.3 Å². The van der Waals surface area contributed by atoms with Crippen LogP contribution in [0.25, 0.3) is 6.08 Å². The smallest absolute Gasteiger partial charge is 0.309 e. The summed E-state index contributed by atoms with van der Waals surface area (Å²) in [5, 5.41) is 0. The highest BCUT2D eigenvalue weighted by Crippen LogP contribution is 2.19. The predicted octanol–water partition coefficient (Wildman–Crippen LogP) is 1.36. The van der Waals surface area contributed by atoms with Crippen molar-refractivity contribution in [2.45, 2.75) is 25.9 Å². The van der Waals surface area contributed by atoms with Crippen molar-refractivity contribution in [1.82, 2.24) is 4.90 Å². The van der Waals surface area contributed by atoms with Gasteiger partial charge in [0.1, 0.15) is 0 Å². The van der Waals surface area contributed by atoms with Gasteiger partial charge in [-0.3, -0.25) is 14.4 Å². The van der Waals surface area contributed by atoms with E-state index in [4.69, 9.17) is 10.5 Å². The third kappa shape index (κ3) is 4.94. The SMILES string of the molecule is C[C@H](OC(=O)C1CCN(C(=O)/C=C/c2ccccc2)CC1)C(N)=O. The number of carbonyl (C=O) groups is 3. The molecule has 1 aromatic carbocycles. The van der Waals surface area contributed by atoms with Gasteiger partial charge in [0, 0.05) is 19.2 Å². The van der Waals surface area contributed by atoms with Crippen LogP contribution in [0.3, 0.4) is 0 Å². The van der Waals surface area contributed by atoms with Crippen molar-refractivity contribution in [3.63, 3.8) is 0 Å². The Labute approximate surface area is 141 Å². The van der Waals surface area contributed by atoms with Gasteiger partial charge < -0.3 is 15.4 Å². The minimum absolute atomic E-state index is 0.0730. The number of rotatable bonds is 5. The van der Waals surface area contributed by atoms with E-state index in [2.05, 4.69) is 0 Å². The molecule has 0 bridgehead atoms. The highest BCUT2D eigenvalue weighted by atomic mass is 16.5. The molecule has 0 radical (unpaired) electrons. The molecule has 6 nitrogen and oxygen atoms in total. The molecule has 0 aliphatic carbocycles. The number of piperidine rings is 1. The minimum Gasteiger partial charge on any atom is -0.452 e. The molecule has 2 amide bonds. The van der Waals surface area contributed by atoms with Gasteiger partial charge in [0.25, 0.3) is 5.91 Å². The van der Waals surface area contributed by atoms with E-state index in [1.807, 2.05) is 30.3 Å². The maximum absolute atomic E-state index is 12.2. The van der Waals surface area contributed by atoms with Gasteiger partial charge in [0.15, 0.2) is 6.10 Å². The van der Waals surface area contributed by atoms with E-state index in [0.717, 1.165) is 5.56 Å². The number of hydrogen-bond donors (Lipinski definition) is 1. The van der Waals surface area contributed by atoms with E-state index in [0.29, 0.717) is 25.9 Å². The number of primary amides is 1. The molecule has 24 heavy (non-hydrogen) atoms. The summed E-state index contributed by atoms with van der Waals surface area (Å²) in [6.45, 7) is 2.43. The summed E-state index contributed by atoms with van der Waals surface area (Å²) in [5.41, 5.74) is 6.04. The fraction of sp³-hybridized carbons (Fsp3) is 0.389. The Balaban J connectivity index is 1.81. The molecule has 128 valence electrons.